The average Bonchev–Trinajstić information content (AvgIpc) is 3.68. The van der Waals surface area contributed by atoms with Crippen LogP contribution in [0.1, 0.15) is 24.1 Å². The fourth-order valence-corrected chi connectivity index (χ4v) is 6.07. The average molecular weight is 636 g/mol. The first-order valence-electron chi connectivity index (χ1n) is 15.3. The highest BCUT2D eigenvalue weighted by Crippen LogP contribution is 2.36. The van der Waals surface area contributed by atoms with Crippen molar-refractivity contribution in [3.8, 4) is 17.2 Å². The van der Waals surface area contributed by atoms with Crippen LogP contribution in [0.5, 0.6) is 17.2 Å². The maximum atomic E-state index is 15.5. The third kappa shape index (κ3) is 6.11. The summed E-state index contributed by atoms with van der Waals surface area (Å²) in [6.45, 7) is 6.29. The first kappa shape index (κ1) is 30.0. The number of carbonyl (C=O) groups is 1. The third-order valence-electron chi connectivity index (χ3n) is 8.62. The van der Waals surface area contributed by atoms with Gasteiger partial charge in [0.1, 0.15) is 41.0 Å². The van der Waals surface area contributed by atoms with Gasteiger partial charge >= 0.3 is 0 Å². The number of benzene rings is 2. The number of pyridine rings is 1. The molecule has 0 atom stereocenters. The Morgan fingerprint density at radius 3 is 2.64 bits per heavy atom. The number of hydrogen-bond acceptors (Lipinski definition) is 10. The number of carbonyl (C=O) groups excluding carboxylic acids is 1. The molecule has 2 N–H and O–H groups in total. The second-order valence-corrected chi connectivity index (χ2v) is 11.6. The molecule has 1 saturated heterocycles. The Balaban J connectivity index is 1.06. The number of likely N-dealkylation sites (tertiary alicyclic amines) is 1. The van der Waals surface area contributed by atoms with Crippen LogP contribution in [-0.4, -0.2) is 61.8 Å². The van der Waals surface area contributed by atoms with Gasteiger partial charge in [-0.05, 0) is 43.2 Å². The molecular formula is C34H34FN9O3. The molecular weight excluding hydrogens is 601 g/mol. The second-order valence-electron chi connectivity index (χ2n) is 11.6. The number of aryl methyl sites for hydroxylation is 1. The Bertz CT molecular complexity index is 1970. The molecule has 3 aromatic heterocycles. The first-order valence-corrected chi connectivity index (χ1v) is 15.3. The van der Waals surface area contributed by atoms with Gasteiger partial charge in [-0.25, -0.2) is 19.3 Å². The van der Waals surface area contributed by atoms with Crippen LogP contribution in [0.15, 0.2) is 73.8 Å². The number of hydrogen-bond donors (Lipinski definition) is 2. The monoisotopic (exact) mass is 635 g/mol. The van der Waals surface area contributed by atoms with Gasteiger partial charge < -0.3 is 29.9 Å². The lowest BCUT2D eigenvalue weighted by molar-refractivity contribution is -0.126. The van der Waals surface area contributed by atoms with Gasteiger partial charge in [0.15, 0.2) is 0 Å². The van der Waals surface area contributed by atoms with Gasteiger partial charge in [0, 0.05) is 68.1 Å². The van der Waals surface area contributed by atoms with E-state index in [4.69, 9.17) is 9.47 Å². The number of fused-ring (bicyclic) bond motifs is 2. The summed E-state index contributed by atoms with van der Waals surface area (Å²) < 4.78 is 29.0. The summed E-state index contributed by atoms with van der Waals surface area (Å²) in [7, 11) is 3.54. The van der Waals surface area contributed by atoms with Crippen molar-refractivity contribution in [1.82, 2.24) is 29.6 Å². The van der Waals surface area contributed by atoms with E-state index >= 15 is 4.39 Å². The molecule has 7 rings (SSSR count). The summed E-state index contributed by atoms with van der Waals surface area (Å²) in [5, 5.41) is 11.7. The van der Waals surface area contributed by atoms with Crippen LogP contribution in [-0.2, 0) is 24.9 Å². The molecule has 1 amide bonds. The van der Waals surface area contributed by atoms with Crippen LogP contribution < -0.4 is 25.0 Å². The zero-order valence-corrected chi connectivity index (χ0v) is 26.1. The highest BCUT2D eigenvalue weighted by molar-refractivity contribution is 5.95. The van der Waals surface area contributed by atoms with Gasteiger partial charge in [0.25, 0.3) is 0 Å². The lowest BCUT2D eigenvalue weighted by atomic mass is 10.0. The Kier molecular flexibility index (Phi) is 8.02. The number of methoxy groups -OCH3 is 1. The minimum absolute atomic E-state index is 0.0554. The number of aromatic nitrogens is 5. The molecule has 0 spiro atoms. The topological polar surface area (TPSA) is 123 Å². The van der Waals surface area contributed by atoms with Crippen molar-refractivity contribution in [2.24, 2.45) is 7.05 Å². The summed E-state index contributed by atoms with van der Waals surface area (Å²) in [4.78, 5) is 29.3. The van der Waals surface area contributed by atoms with Crippen molar-refractivity contribution < 1.29 is 18.7 Å². The maximum absolute atomic E-state index is 15.5. The van der Waals surface area contributed by atoms with Gasteiger partial charge in [-0.15, -0.1) is 0 Å². The molecule has 13 heteroatoms. The first-order chi connectivity index (χ1) is 22.9. The normalized spacial score (nSPS) is 14.6. The van der Waals surface area contributed by atoms with Gasteiger partial charge in [0.2, 0.25) is 5.91 Å². The van der Waals surface area contributed by atoms with Crippen molar-refractivity contribution in [2.45, 2.75) is 32.0 Å². The van der Waals surface area contributed by atoms with Gasteiger partial charge in [-0.2, -0.15) is 5.10 Å². The SMILES string of the molecule is C=CC(=O)N1CCC(Nc2cc3c(Nc4ccc(Oc5ccnc(N6Cc7cnn(C)c7C6)c5)cc4F)ncnc3cc2OC)CC1. The van der Waals surface area contributed by atoms with Crippen molar-refractivity contribution in [1.29, 1.82) is 0 Å². The third-order valence-corrected chi connectivity index (χ3v) is 8.62. The second kappa shape index (κ2) is 12.6. The zero-order chi connectivity index (χ0) is 32.5. The van der Waals surface area contributed by atoms with E-state index in [1.165, 1.54) is 24.0 Å². The zero-order valence-electron chi connectivity index (χ0n) is 26.1. The quantitative estimate of drug-likeness (QED) is 0.199. The van der Waals surface area contributed by atoms with E-state index in [1.54, 1.807) is 36.4 Å². The highest BCUT2D eigenvalue weighted by atomic mass is 19.1. The minimum atomic E-state index is -0.501. The molecule has 5 aromatic rings. The Labute approximate surface area is 270 Å². The molecule has 2 aliphatic heterocycles. The number of ether oxygens (including phenoxy) is 2. The smallest absolute Gasteiger partial charge is 0.245 e. The lowest BCUT2D eigenvalue weighted by Crippen LogP contribution is -2.41. The van der Waals surface area contributed by atoms with Crippen LogP contribution in [0.3, 0.4) is 0 Å². The molecule has 0 unspecified atom stereocenters. The molecule has 5 heterocycles. The Morgan fingerprint density at radius 2 is 1.87 bits per heavy atom. The van der Waals surface area contributed by atoms with Crippen LogP contribution in [0, 0.1) is 5.82 Å². The molecule has 0 saturated carbocycles. The predicted octanol–water partition coefficient (Wildman–Crippen LogP) is 5.55. The van der Waals surface area contributed by atoms with Crippen molar-refractivity contribution in [3.63, 3.8) is 0 Å². The summed E-state index contributed by atoms with van der Waals surface area (Å²) in [5.74, 6) is 2.19. The van der Waals surface area contributed by atoms with E-state index in [-0.39, 0.29) is 17.6 Å². The lowest BCUT2D eigenvalue weighted by Gasteiger charge is -2.32. The van der Waals surface area contributed by atoms with E-state index in [1.807, 2.05) is 36.1 Å². The van der Waals surface area contributed by atoms with Crippen LogP contribution in [0.25, 0.3) is 10.9 Å². The number of nitrogens with zero attached hydrogens (tertiary/aromatic N) is 7. The molecule has 0 radical (unpaired) electrons. The maximum Gasteiger partial charge on any atom is 0.245 e. The van der Waals surface area contributed by atoms with E-state index < -0.39 is 5.82 Å². The number of anilines is 4. The van der Waals surface area contributed by atoms with Crippen LogP contribution in [0.4, 0.5) is 27.4 Å². The number of amides is 1. The van der Waals surface area contributed by atoms with E-state index in [0.29, 0.717) is 60.1 Å². The number of piperidine rings is 1. The molecule has 0 bridgehead atoms. The molecule has 2 aliphatic rings. The molecule has 0 aliphatic carbocycles. The number of nitrogens with one attached hydrogen (secondary N) is 2. The molecule has 47 heavy (non-hydrogen) atoms. The summed E-state index contributed by atoms with van der Waals surface area (Å²) in [6.07, 6.45) is 7.90. The largest absolute Gasteiger partial charge is 0.495 e. The predicted molar refractivity (Wildman–Crippen MR) is 177 cm³/mol. The van der Waals surface area contributed by atoms with E-state index in [9.17, 15) is 4.79 Å². The van der Waals surface area contributed by atoms with Gasteiger partial charge in [-0.3, -0.25) is 9.48 Å². The molecule has 2 aromatic carbocycles. The van der Waals surface area contributed by atoms with Gasteiger partial charge in [-0.1, -0.05) is 6.58 Å². The molecule has 1 fully saturated rings. The van der Waals surface area contributed by atoms with Crippen molar-refractivity contribution in [2.75, 3.05) is 35.7 Å². The fourth-order valence-electron chi connectivity index (χ4n) is 6.07. The number of halogens is 1. The van der Waals surface area contributed by atoms with Crippen molar-refractivity contribution in [3.05, 3.63) is 90.9 Å². The van der Waals surface area contributed by atoms with Crippen LogP contribution in [0.2, 0.25) is 0 Å². The van der Waals surface area contributed by atoms with E-state index in [2.05, 4.69) is 42.2 Å². The Morgan fingerprint density at radius 1 is 1.04 bits per heavy atom. The van der Waals surface area contributed by atoms with Crippen LogP contribution >= 0.6 is 0 Å². The number of rotatable bonds is 9. The summed E-state index contributed by atoms with van der Waals surface area (Å²) in [5.41, 5.74) is 3.98. The molecule has 12 nitrogen and oxygen atoms in total. The highest BCUT2D eigenvalue weighted by Gasteiger charge is 2.25. The van der Waals surface area contributed by atoms with E-state index in [0.717, 1.165) is 30.0 Å². The summed E-state index contributed by atoms with van der Waals surface area (Å²) in [6, 6.07) is 12.1. The standard InChI is InChI=1S/C34H34FN9O3/c1-4-33(45)43-11-8-22(9-12-43)40-29-15-25-28(16-31(29)46-3)37-20-38-34(25)41-27-6-5-23(13-26(27)35)47-24-7-10-36-32(14-24)44-18-21-17-39-42(2)30(21)19-44/h4-7,10,13-17,20,22,40H,1,8-9,11-12,18-19H2,2-3H3,(H,37,38,41). The van der Waals surface area contributed by atoms with Crippen molar-refractivity contribution >= 4 is 39.8 Å². The minimum Gasteiger partial charge on any atom is -0.495 e. The van der Waals surface area contributed by atoms with Gasteiger partial charge in [0.05, 0.1) is 42.4 Å². The summed E-state index contributed by atoms with van der Waals surface area (Å²) >= 11 is 0. The molecule has 240 valence electrons. The Hall–Kier alpha value is -5.72. The fraction of sp³-hybridized carbons (Fsp3) is 0.265.